The van der Waals surface area contributed by atoms with E-state index >= 15 is 0 Å². The molecule has 2 aromatic heterocycles. The summed E-state index contributed by atoms with van der Waals surface area (Å²) < 4.78 is 6.83. The number of thiophene rings is 1. The molecule has 0 unspecified atom stereocenters. The third-order valence-electron chi connectivity index (χ3n) is 5.45. The Labute approximate surface area is 168 Å². The lowest BCUT2D eigenvalue weighted by atomic mass is 9.97. The zero-order valence-corrected chi connectivity index (χ0v) is 17.1. The van der Waals surface area contributed by atoms with Gasteiger partial charge in [0.2, 0.25) is 5.95 Å². The third kappa shape index (κ3) is 3.30. The highest BCUT2D eigenvalue weighted by Crippen LogP contribution is 2.34. The van der Waals surface area contributed by atoms with Gasteiger partial charge in [0, 0.05) is 37.6 Å². The van der Waals surface area contributed by atoms with Crippen LogP contribution >= 0.6 is 11.3 Å². The van der Waals surface area contributed by atoms with Crippen LogP contribution in [0.1, 0.15) is 30.2 Å². The lowest BCUT2D eigenvalue weighted by Gasteiger charge is -2.35. The summed E-state index contributed by atoms with van der Waals surface area (Å²) in [5, 5.41) is 0.801. The van der Waals surface area contributed by atoms with Crippen LogP contribution in [0.15, 0.2) is 17.4 Å². The van der Waals surface area contributed by atoms with Gasteiger partial charge in [-0.3, -0.25) is 9.36 Å². The largest absolute Gasteiger partial charge is 0.450 e. The second-order valence-corrected chi connectivity index (χ2v) is 8.26. The average Bonchev–Trinajstić information content (AvgIpc) is 3.09. The van der Waals surface area contributed by atoms with Gasteiger partial charge in [-0.05, 0) is 38.2 Å². The van der Waals surface area contributed by atoms with E-state index in [1.54, 1.807) is 26.9 Å². The number of nitrogens with zero attached hydrogens (tertiary/aromatic N) is 4. The summed E-state index contributed by atoms with van der Waals surface area (Å²) in [4.78, 5) is 36.2. The van der Waals surface area contributed by atoms with Crippen molar-refractivity contribution in [2.24, 2.45) is 0 Å². The fourth-order valence-electron chi connectivity index (χ4n) is 4.07. The van der Waals surface area contributed by atoms with E-state index in [4.69, 9.17) is 9.72 Å². The Kier molecular flexibility index (Phi) is 5.39. The van der Waals surface area contributed by atoms with Gasteiger partial charge in [-0.25, -0.2) is 9.78 Å². The number of ether oxygens (including phenoxy) is 1. The first-order chi connectivity index (χ1) is 13.6. The Morgan fingerprint density at radius 1 is 1.25 bits per heavy atom. The smallest absolute Gasteiger partial charge is 0.409 e. The summed E-state index contributed by atoms with van der Waals surface area (Å²) in [6.07, 6.45) is 5.80. The molecule has 1 aliphatic heterocycles. The average molecular weight is 403 g/mol. The van der Waals surface area contributed by atoms with Crippen LogP contribution < -0.4 is 10.5 Å². The second-order valence-electron chi connectivity index (χ2n) is 7.18. The molecule has 7 nitrogen and oxygen atoms in total. The summed E-state index contributed by atoms with van der Waals surface area (Å²) in [5.41, 5.74) is 1.24. The molecule has 1 fully saturated rings. The van der Waals surface area contributed by atoms with Crippen LogP contribution in [0.3, 0.4) is 0 Å². The number of piperazine rings is 1. The molecule has 28 heavy (non-hydrogen) atoms. The van der Waals surface area contributed by atoms with Gasteiger partial charge < -0.3 is 14.5 Å². The van der Waals surface area contributed by atoms with Crippen molar-refractivity contribution in [2.75, 3.05) is 37.7 Å². The zero-order valence-electron chi connectivity index (χ0n) is 16.3. The van der Waals surface area contributed by atoms with Crippen molar-refractivity contribution in [2.45, 2.75) is 39.2 Å². The summed E-state index contributed by atoms with van der Waals surface area (Å²) in [6.45, 7) is 8.80. The maximum atomic E-state index is 13.3. The Balaban J connectivity index is 1.69. The molecule has 2 aliphatic rings. The summed E-state index contributed by atoms with van der Waals surface area (Å²) in [6, 6.07) is 0. The zero-order chi connectivity index (χ0) is 19.7. The van der Waals surface area contributed by atoms with Crippen LogP contribution in [0.25, 0.3) is 10.2 Å². The highest BCUT2D eigenvalue weighted by atomic mass is 32.1. The molecule has 3 heterocycles. The maximum Gasteiger partial charge on any atom is 0.409 e. The number of amides is 1. The molecule has 0 radical (unpaired) electrons. The number of allylic oxidation sites excluding steroid dienone is 1. The number of carbonyl (C=O) groups excluding carboxylic acids is 1. The molecule has 1 saturated heterocycles. The van der Waals surface area contributed by atoms with E-state index in [1.165, 1.54) is 16.9 Å². The Hall–Kier alpha value is -2.35. The number of hydrogen-bond donors (Lipinski definition) is 0. The number of hydrogen-bond acceptors (Lipinski definition) is 6. The normalized spacial score (nSPS) is 16.9. The van der Waals surface area contributed by atoms with Crippen LogP contribution in [0, 0.1) is 0 Å². The molecule has 0 saturated carbocycles. The number of carbonyl (C=O) groups is 1. The predicted molar refractivity (Wildman–Crippen MR) is 112 cm³/mol. The van der Waals surface area contributed by atoms with E-state index in [-0.39, 0.29) is 11.7 Å². The molecular weight excluding hydrogens is 376 g/mol. The fourth-order valence-corrected chi connectivity index (χ4v) is 5.31. The minimum atomic E-state index is -0.278. The molecule has 0 aromatic carbocycles. The molecule has 2 aromatic rings. The van der Waals surface area contributed by atoms with Crippen molar-refractivity contribution in [3.8, 4) is 0 Å². The monoisotopic (exact) mass is 402 g/mol. The van der Waals surface area contributed by atoms with Crippen molar-refractivity contribution in [1.82, 2.24) is 14.5 Å². The van der Waals surface area contributed by atoms with Gasteiger partial charge >= 0.3 is 6.09 Å². The van der Waals surface area contributed by atoms with Crippen LogP contribution in [0.4, 0.5) is 10.7 Å². The maximum absolute atomic E-state index is 13.3. The van der Waals surface area contributed by atoms with Crippen molar-refractivity contribution in [1.29, 1.82) is 0 Å². The van der Waals surface area contributed by atoms with Gasteiger partial charge in [-0.1, -0.05) is 6.08 Å². The number of aromatic nitrogens is 2. The first kappa shape index (κ1) is 19.0. The van der Waals surface area contributed by atoms with E-state index in [1.807, 2.05) is 6.92 Å². The van der Waals surface area contributed by atoms with Crippen LogP contribution in [0.2, 0.25) is 0 Å². The number of rotatable bonds is 4. The van der Waals surface area contributed by atoms with Crippen LogP contribution in [-0.2, 0) is 24.1 Å². The standard InChI is InChI=1S/C20H26N4O3S/c1-3-9-24-18(25)16-14-7-5-6-8-15(14)28-17(16)21-19(24)22-10-12-23(13-11-22)20(26)27-4-2/h3H,1,4-13H2,2H3. The predicted octanol–water partition coefficient (Wildman–Crippen LogP) is 2.80. The minimum Gasteiger partial charge on any atom is -0.450 e. The van der Waals surface area contributed by atoms with Gasteiger partial charge in [0.25, 0.3) is 5.56 Å². The number of anilines is 1. The summed E-state index contributed by atoms with van der Waals surface area (Å²) in [5.74, 6) is 0.680. The fraction of sp³-hybridized carbons (Fsp3) is 0.550. The summed E-state index contributed by atoms with van der Waals surface area (Å²) in [7, 11) is 0. The number of fused-ring (bicyclic) bond motifs is 3. The van der Waals surface area contributed by atoms with Crippen LogP contribution in [-0.4, -0.2) is 53.3 Å². The number of aryl methyl sites for hydroxylation is 2. The van der Waals surface area contributed by atoms with E-state index in [0.29, 0.717) is 45.3 Å². The van der Waals surface area contributed by atoms with Gasteiger partial charge in [0.05, 0.1) is 12.0 Å². The van der Waals surface area contributed by atoms with Crippen molar-refractivity contribution >= 4 is 33.6 Å². The topological polar surface area (TPSA) is 67.7 Å². The van der Waals surface area contributed by atoms with Gasteiger partial charge in [-0.2, -0.15) is 0 Å². The van der Waals surface area contributed by atoms with E-state index < -0.39 is 0 Å². The van der Waals surface area contributed by atoms with Gasteiger partial charge in [0.1, 0.15) is 4.83 Å². The molecule has 0 atom stereocenters. The van der Waals surface area contributed by atoms with Crippen molar-refractivity contribution in [3.63, 3.8) is 0 Å². The Bertz CT molecular complexity index is 956. The molecule has 0 bridgehead atoms. The molecule has 0 N–H and O–H groups in total. The van der Waals surface area contributed by atoms with E-state index in [9.17, 15) is 9.59 Å². The molecule has 1 amide bonds. The minimum absolute atomic E-state index is 0.0344. The second kappa shape index (κ2) is 7.95. The van der Waals surface area contributed by atoms with Crippen LogP contribution in [0.5, 0.6) is 0 Å². The lowest BCUT2D eigenvalue weighted by Crippen LogP contribution is -2.50. The van der Waals surface area contributed by atoms with Gasteiger partial charge in [0.15, 0.2) is 0 Å². The Morgan fingerprint density at radius 2 is 2.00 bits per heavy atom. The molecular formula is C20H26N4O3S. The summed E-state index contributed by atoms with van der Waals surface area (Å²) >= 11 is 1.67. The van der Waals surface area contributed by atoms with Crippen molar-refractivity contribution in [3.05, 3.63) is 33.4 Å². The Morgan fingerprint density at radius 3 is 2.71 bits per heavy atom. The van der Waals surface area contributed by atoms with E-state index in [2.05, 4.69) is 11.5 Å². The first-order valence-corrected chi connectivity index (χ1v) is 10.8. The van der Waals surface area contributed by atoms with E-state index in [0.717, 1.165) is 29.5 Å². The third-order valence-corrected chi connectivity index (χ3v) is 6.64. The van der Waals surface area contributed by atoms with Gasteiger partial charge in [-0.15, -0.1) is 17.9 Å². The molecule has 1 aliphatic carbocycles. The van der Waals surface area contributed by atoms with Crippen molar-refractivity contribution < 1.29 is 9.53 Å². The lowest BCUT2D eigenvalue weighted by molar-refractivity contribution is 0.105. The molecule has 8 heteroatoms. The molecule has 150 valence electrons. The first-order valence-electron chi connectivity index (χ1n) is 9.96. The molecule has 4 rings (SSSR count). The SMILES string of the molecule is C=CCn1c(N2CCN(C(=O)OCC)CC2)nc2sc3c(c2c1=O)CCCC3. The molecule has 0 spiro atoms. The quantitative estimate of drug-likeness (QED) is 0.736. The highest BCUT2D eigenvalue weighted by molar-refractivity contribution is 7.18. The highest BCUT2D eigenvalue weighted by Gasteiger charge is 2.27.